The molecule has 8 heteroatoms. The van der Waals surface area contributed by atoms with E-state index in [1.54, 1.807) is 7.11 Å². The highest BCUT2D eigenvalue weighted by Gasteiger charge is 2.19. The van der Waals surface area contributed by atoms with Crippen LogP contribution < -0.4 is 5.32 Å². The second kappa shape index (κ2) is 8.04. The number of nitrogens with zero attached hydrogens (tertiary/aromatic N) is 1. The average molecular weight is 321 g/mol. The maximum absolute atomic E-state index is 11.8. The molecule has 1 aromatic carbocycles. The fraction of sp³-hybridized carbons (Fsp3) is 0.417. The van der Waals surface area contributed by atoms with E-state index < -0.39 is 10.8 Å². The Morgan fingerprint density at radius 2 is 2.10 bits per heavy atom. The van der Waals surface area contributed by atoms with Gasteiger partial charge in [0.15, 0.2) is 0 Å². The third-order valence-electron chi connectivity index (χ3n) is 2.53. The first-order chi connectivity index (χ1) is 9.47. The summed E-state index contributed by atoms with van der Waals surface area (Å²) in [6.07, 6.45) is 1.57. The van der Waals surface area contributed by atoms with Crippen LogP contribution >= 0.6 is 23.2 Å². The summed E-state index contributed by atoms with van der Waals surface area (Å²) in [6.45, 7) is 1.07. The maximum atomic E-state index is 11.8. The van der Waals surface area contributed by atoms with E-state index in [-0.39, 0.29) is 21.3 Å². The molecular weight excluding hydrogens is 307 g/mol. The van der Waals surface area contributed by atoms with Crippen LogP contribution in [0.3, 0.4) is 0 Å². The second-order valence-corrected chi connectivity index (χ2v) is 4.79. The predicted molar refractivity (Wildman–Crippen MR) is 76.6 cm³/mol. The lowest BCUT2D eigenvalue weighted by Crippen LogP contribution is -2.24. The Morgan fingerprint density at radius 1 is 1.40 bits per heavy atom. The van der Waals surface area contributed by atoms with E-state index in [4.69, 9.17) is 27.9 Å². The fourth-order valence-electron chi connectivity index (χ4n) is 1.51. The number of ether oxygens (including phenoxy) is 1. The fourth-order valence-corrected chi connectivity index (χ4v) is 1.91. The van der Waals surface area contributed by atoms with Crippen LogP contribution in [0, 0.1) is 10.1 Å². The highest BCUT2D eigenvalue weighted by atomic mass is 35.5. The Kier molecular flexibility index (Phi) is 6.70. The van der Waals surface area contributed by atoms with Crippen LogP contribution in [0.1, 0.15) is 23.2 Å². The average Bonchev–Trinajstić information content (AvgIpc) is 2.40. The number of hydrogen-bond donors (Lipinski definition) is 1. The number of unbranched alkanes of at least 4 members (excludes halogenated alkanes) is 1. The largest absolute Gasteiger partial charge is 0.385 e. The van der Waals surface area contributed by atoms with Crippen LogP contribution in [-0.4, -0.2) is 31.1 Å². The van der Waals surface area contributed by atoms with Gasteiger partial charge in [-0.1, -0.05) is 23.2 Å². The Balaban J connectivity index is 2.71. The van der Waals surface area contributed by atoms with Gasteiger partial charge in [-0.05, 0) is 18.9 Å². The first kappa shape index (κ1) is 16.7. The molecule has 0 saturated heterocycles. The number of nitro benzene ring substituents is 1. The van der Waals surface area contributed by atoms with E-state index in [0.717, 1.165) is 18.9 Å². The van der Waals surface area contributed by atoms with Crippen molar-refractivity contribution >= 4 is 34.8 Å². The van der Waals surface area contributed by atoms with Gasteiger partial charge in [-0.25, -0.2) is 0 Å². The monoisotopic (exact) mass is 320 g/mol. The minimum Gasteiger partial charge on any atom is -0.385 e. The summed E-state index contributed by atoms with van der Waals surface area (Å²) in [5.41, 5.74) is -0.276. The molecule has 1 amide bonds. The number of amides is 1. The molecule has 20 heavy (non-hydrogen) atoms. The number of halogens is 2. The van der Waals surface area contributed by atoms with Crippen molar-refractivity contribution in [3.63, 3.8) is 0 Å². The van der Waals surface area contributed by atoms with Gasteiger partial charge in [0.25, 0.3) is 11.6 Å². The molecule has 0 spiro atoms. The molecule has 0 aromatic heterocycles. The molecule has 0 aliphatic carbocycles. The minimum absolute atomic E-state index is 0.0228. The van der Waals surface area contributed by atoms with Crippen molar-refractivity contribution < 1.29 is 14.5 Å². The first-order valence-electron chi connectivity index (χ1n) is 5.88. The van der Waals surface area contributed by atoms with Crippen molar-refractivity contribution in [2.24, 2.45) is 0 Å². The lowest BCUT2D eigenvalue weighted by Gasteiger charge is -2.06. The van der Waals surface area contributed by atoms with Crippen molar-refractivity contribution in [3.8, 4) is 0 Å². The lowest BCUT2D eigenvalue weighted by molar-refractivity contribution is -0.384. The summed E-state index contributed by atoms with van der Waals surface area (Å²) in [6, 6.07) is 2.42. The highest BCUT2D eigenvalue weighted by molar-refractivity contribution is 6.43. The van der Waals surface area contributed by atoms with Crippen molar-refractivity contribution in [2.45, 2.75) is 12.8 Å². The number of nitrogens with one attached hydrogen (secondary N) is 1. The maximum Gasteiger partial charge on any atom is 0.290 e. The molecule has 0 atom stereocenters. The van der Waals surface area contributed by atoms with Gasteiger partial charge in [-0.2, -0.15) is 0 Å². The number of hydrogen-bond acceptors (Lipinski definition) is 4. The Bertz CT molecular complexity index is 508. The van der Waals surface area contributed by atoms with Crippen LogP contribution in [0.25, 0.3) is 0 Å². The SMILES string of the molecule is COCCCCNC(=O)c1cc(Cl)c(Cl)c([N+](=O)[O-])c1. The molecule has 0 aliphatic heterocycles. The van der Waals surface area contributed by atoms with E-state index in [9.17, 15) is 14.9 Å². The van der Waals surface area contributed by atoms with Crippen LogP contribution in [0.15, 0.2) is 12.1 Å². The number of methoxy groups -OCH3 is 1. The van der Waals surface area contributed by atoms with E-state index in [1.807, 2.05) is 0 Å². The topological polar surface area (TPSA) is 81.5 Å². The van der Waals surface area contributed by atoms with Gasteiger partial charge in [0.1, 0.15) is 5.02 Å². The van der Waals surface area contributed by atoms with Crippen LogP contribution in [-0.2, 0) is 4.74 Å². The molecule has 1 rings (SSSR count). The molecule has 0 heterocycles. The van der Waals surface area contributed by atoms with Gasteiger partial charge >= 0.3 is 0 Å². The van der Waals surface area contributed by atoms with Crippen LogP contribution in [0.4, 0.5) is 5.69 Å². The number of carbonyl (C=O) groups is 1. The molecular formula is C12H14Cl2N2O4. The van der Waals surface area contributed by atoms with Crippen LogP contribution in [0.2, 0.25) is 10.0 Å². The van der Waals surface area contributed by atoms with Crippen LogP contribution in [0.5, 0.6) is 0 Å². The Labute approximate surface area is 126 Å². The summed E-state index contributed by atoms with van der Waals surface area (Å²) in [7, 11) is 1.60. The Morgan fingerprint density at radius 3 is 2.70 bits per heavy atom. The molecule has 0 aliphatic rings. The molecule has 6 nitrogen and oxygen atoms in total. The van der Waals surface area contributed by atoms with Gasteiger partial charge in [-0.3, -0.25) is 14.9 Å². The van der Waals surface area contributed by atoms with Gasteiger partial charge in [-0.15, -0.1) is 0 Å². The van der Waals surface area contributed by atoms with E-state index in [1.165, 1.54) is 6.07 Å². The highest BCUT2D eigenvalue weighted by Crippen LogP contribution is 2.32. The molecule has 1 N–H and O–H groups in total. The van der Waals surface area contributed by atoms with E-state index >= 15 is 0 Å². The van der Waals surface area contributed by atoms with Crippen molar-refractivity contribution in [1.82, 2.24) is 5.32 Å². The quantitative estimate of drug-likeness (QED) is 0.475. The molecule has 0 saturated carbocycles. The lowest BCUT2D eigenvalue weighted by atomic mass is 10.2. The zero-order chi connectivity index (χ0) is 15.1. The van der Waals surface area contributed by atoms with Gasteiger partial charge in [0.05, 0.1) is 9.95 Å². The molecule has 0 radical (unpaired) electrons. The van der Waals surface area contributed by atoms with Crippen molar-refractivity contribution in [3.05, 3.63) is 37.9 Å². The van der Waals surface area contributed by atoms with Gasteiger partial charge < -0.3 is 10.1 Å². The molecule has 0 fully saturated rings. The second-order valence-electron chi connectivity index (χ2n) is 4.00. The summed E-state index contributed by atoms with van der Waals surface area (Å²) >= 11 is 11.5. The van der Waals surface area contributed by atoms with E-state index in [0.29, 0.717) is 13.2 Å². The van der Waals surface area contributed by atoms with Gasteiger partial charge in [0, 0.05) is 31.9 Å². The smallest absolute Gasteiger partial charge is 0.290 e. The summed E-state index contributed by atoms with van der Waals surface area (Å²) in [4.78, 5) is 22.0. The van der Waals surface area contributed by atoms with Crippen molar-refractivity contribution in [2.75, 3.05) is 20.3 Å². The standard InChI is InChI=1S/C12H14Cl2N2O4/c1-20-5-3-2-4-15-12(17)8-6-9(13)11(14)10(7-8)16(18)19/h6-7H,2-5H2,1H3,(H,15,17). The normalized spacial score (nSPS) is 10.3. The number of nitro groups is 1. The number of carbonyl (C=O) groups excluding carboxylic acids is 1. The first-order valence-corrected chi connectivity index (χ1v) is 6.63. The minimum atomic E-state index is -0.677. The molecule has 1 aromatic rings. The zero-order valence-electron chi connectivity index (χ0n) is 10.8. The molecule has 110 valence electrons. The number of benzene rings is 1. The number of rotatable bonds is 7. The predicted octanol–water partition coefficient (Wildman–Crippen LogP) is 3.06. The Hall–Kier alpha value is -1.37. The third kappa shape index (κ3) is 4.63. The van der Waals surface area contributed by atoms with Crippen molar-refractivity contribution in [1.29, 1.82) is 0 Å². The summed E-state index contributed by atoms with van der Waals surface area (Å²) in [5, 5.41) is 13.3. The third-order valence-corrected chi connectivity index (χ3v) is 3.32. The van der Waals surface area contributed by atoms with Gasteiger partial charge in [0.2, 0.25) is 0 Å². The summed E-state index contributed by atoms with van der Waals surface area (Å²) in [5.74, 6) is -0.427. The molecule has 0 bridgehead atoms. The van der Waals surface area contributed by atoms with E-state index in [2.05, 4.69) is 5.32 Å². The summed E-state index contributed by atoms with van der Waals surface area (Å²) < 4.78 is 4.88. The molecule has 0 unspecified atom stereocenters. The zero-order valence-corrected chi connectivity index (χ0v) is 12.3.